The average Bonchev–Trinajstić information content (AvgIpc) is 2.98. The summed E-state index contributed by atoms with van der Waals surface area (Å²) in [7, 11) is 0. The van der Waals surface area contributed by atoms with Crippen LogP contribution in [-0.2, 0) is 0 Å². The normalized spacial score (nSPS) is 10.5. The number of hydrogen-bond acceptors (Lipinski definition) is 5. The van der Waals surface area contributed by atoms with Crippen LogP contribution in [0.25, 0.3) is 22.8 Å². The molecule has 0 saturated heterocycles. The molecule has 0 atom stereocenters. The minimum atomic E-state index is 0.444. The fraction of sp³-hybridized carbons (Fsp3) is 0.125. The zero-order valence-electron chi connectivity index (χ0n) is 11.6. The van der Waals surface area contributed by atoms with Gasteiger partial charge in [0.05, 0.1) is 6.61 Å². The molecule has 0 bridgehead atoms. The molecule has 0 spiro atoms. The van der Waals surface area contributed by atoms with E-state index in [0.29, 0.717) is 24.0 Å². The van der Waals surface area contributed by atoms with Gasteiger partial charge in [0.15, 0.2) is 0 Å². The topological polar surface area (TPSA) is 74.2 Å². The molecule has 2 aromatic carbocycles. The van der Waals surface area contributed by atoms with E-state index in [1.807, 2.05) is 49.4 Å². The Bertz CT molecular complexity index is 753. The first-order valence-electron chi connectivity index (χ1n) is 6.69. The van der Waals surface area contributed by atoms with Crippen LogP contribution in [-0.4, -0.2) is 16.7 Å². The molecule has 1 heterocycles. The Morgan fingerprint density at radius 3 is 2.71 bits per heavy atom. The number of rotatable bonds is 4. The highest BCUT2D eigenvalue weighted by Gasteiger charge is 2.11. The molecule has 3 rings (SSSR count). The number of nitrogen functional groups attached to an aromatic ring is 1. The summed E-state index contributed by atoms with van der Waals surface area (Å²) >= 11 is 0. The highest BCUT2D eigenvalue weighted by atomic mass is 16.5. The van der Waals surface area contributed by atoms with Gasteiger partial charge in [0, 0.05) is 16.8 Å². The summed E-state index contributed by atoms with van der Waals surface area (Å²) in [6.45, 7) is 2.56. The largest absolute Gasteiger partial charge is 0.494 e. The Morgan fingerprint density at radius 2 is 1.90 bits per heavy atom. The first-order valence-corrected chi connectivity index (χ1v) is 6.69. The van der Waals surface area contributed by atoms with Crippen LogP contribution in [0.15, 0.2) is 53.1 Å². The van der Waals surface area contributed by atoms with Crippen LogP contribution in [0.2, 0.25) is 0 Å². The quantitative estimate of drug-likeness (QED) is 0.742. The van der Waals surface area contributed by atoms with E-state index in [0.717, 1.165) is 16.9 Å². The van der Waals surface area contributed by atoms with Gasteiger partial charge in [0.1, 0.15) is 5.75 Å². The van der Waals surface area contributed by atoms with Crippen LogP contribution in [0, 0.1) is 0 Å². The number of aromatic nitrogens is 2. The predicted octanol–water partition coefficient (Wildman–Crippen LogP) is 3.38. The summed E-state index contributed by atoms with van der Waals surface area (Å²) in [5.41, 5.74) is 8.07. The Balaban J connectivity index is 1.93. The van der Waals surface area contributed by atoms with E-state index in [1.54, 1.807) is 6.07 Å². The Morgan fingerprint density at radius 1 is 1.10 bits per heavy atom. The first kappa shape index (κ1) is 13.2. The second-order valence-electron chi connectivity index (χ2n) is 4.51. The number of hydrogen-bond donors (Lipinski definition) is 1. The molecule has 0 saturated carbocycles. The molecule has 0 aliphatic carbocycles. The molecule has 5 nitrogen and oxygen atoms in total. The summed E-state index contributed by atoms with van der Waals surface area (Å²) in [6.07, 6.45) is 0. The minimum absolute atomic E-state index is 0.444. The molecule has 21 heavy (non-hydrogen) atoms. The highest BCUT2D eigenvalue weighted by molar-refractivity contribution is 5.63. The van der Waals surface area contributed by atoms with Crippen LogP contribution >= 0.6 is 0 Å². The molecule has 0 fully saturated rings. The monoisotopic (exact) mass is 281 g/mol. The zero-order chi connectivity index (χ0) is 14.7. The van der Waals surface area contributed by atoms with Crippen LogP contribution in [0.5, 0.6) is 5.75 Å². The zero-order valence-corrected chi connectivity index (χ0v) is 11.6. The van der Waals surface area contributed by atoms with E-state index in [-0.39, 0.29) is 0 Å². The Hall–Kier alpha value is -2.82. The number of nitrogens with two attached hydrogens (primary N) is 1. The number of anilines is 1. The lowest BCUT2D eigenvalue weighted by Gasteiger charge is -2.02. The van der Waals surface area contributed by atoms with Crippen LogP contribution < -0.4 is 10.5 Å². The second kappa shape index (κ2) is 5.66. The van der Waals surface area contributed by atoms with Crippen molar-refractivity contribution in [3.8, 4) is 28.6 Å². The lowest BCUT2D eigenvalue weighted by atomic mass is 10.2. The van der Waals surface area contributed by atoms with E-state index in [9.17, 15) is 0 Å². The third-order valence-corrected chi connectivity index (χ3v) is 2.96. The summed E-state index contributed by atoms with van der Waals surface area (Å²) < 4.78 is 10.8. The van der Waals surface area contributed by atoms with E-state index in [1.165, 1.54) is 0 Å². The maximum absolute atomic E-state index is 5.76. The molecule has 3 aromatic rings. The summed E-state index contributed by atoms with van der Waals surface area (Å²) in [5, 5.41) is 4.01. The van der Waals surface area contributed by atoms with Crippen molar-refractivity contribution in [3.05, 3.63) is 48.5 Å². The fourth-order valence-corrected chi connectivity index (χ4v) is 2.02. The van der Waals surface area contributed by atoms with Gasteiger partial charge in [-0.3, -0.25) is 0 Å². The van der Waals surface area contributed by atoms with Crippen molar-refractivity contribution in [1.29, 1.82) is 0 Å². The second-order valence-corrected chi connectivity index (χ2v) is 4.51. The molecule has 0 unspecified atom stereocenters. The molecular weight excluding hydrogens is 266 g/mol. The van der Waals surface area contributed by atoms with Gasteiger partial charge in [-0.25, -0.2) is 0 Å². The third kappa shape index (κ3) is 2.86. The SMILES string of the molecule is CCOc1cccc(-c2noc(-c3cccc(N)c3)n2)c1. The molecule has 5 heteroatoms. The number of benzene rings is 2. The van der Waals surface area contributed by atoms with E-state index < -0.39 is 0 Å². The first-order chi connectivity index (χ1) is 10.3. The molecule has 106 valence electrons. The smallest absolute Gasteiger partial charge is 0.258 e. The van der Waals surface area contributed by atoms with Crippen molar-refractivity contribution >= 4 is 5.69 Å². The Labute approximate surface area is 122 Å². The lowest BCUT2D eigenvalue weighted by molar-refractivity contribution is 0.340. The maximum atomic E-state index is 5.76. The van der Waals surface area contributed by atoms with E-state index in [4.69, 9.17) is 15.0 Å². The van der Waals surface area contributed by atoms with Gasteiger partial charge in [-0.1, -0.05) is 23.4 Å². The van der Waals surface area contributed by atoms with Crippen molar-refractivity contribution in [3.63, 3.8) is 0 Å². The maximum Gasteiger partial charge on any atom is 0.258 e. The lowest BCUT2D eigenvalue weighted by Crippen LogP contribution is -1.91. The fourth-order valence-electron chi connectivity index (χ4n) is 2.02. The predicted molar refractivity (Wildman–Crippen MR) is 80.8 cm³/mol. The molecule has 2 N–H and O–H groups in total. The van der Waals surface area contributed by atoms with E-state index >= 15 is 0 Å². The van der Waals surface area contributed by atoms with Gasteiger partial charge in [-0.15, -0.1) is 0 Å². The van der Waals surface area contributed by atoms with Gasteiger partial charge < -0.3 is 15.0 Å². The van der Waals surface area contributed by atoms with Gasteiger partial charge in [0.25, 0.3) is 5.89 Å². The highest BCUT2D eigenvalue weighted by Crippen LogP contribution is 2.25. The van der Waals surface area contributed by atoms with Gasteiger partial charge in [0.2, 0.25) is 5.82 Å². The van der Waals surface area contributed by atoms with Gasteiger partial charge in [-0.05, 0) is 37.3 Å². The molecule has 0 amide bonds. The van der Waals surface area contributed by atoms with Crippen molar-refractivity contribution in [2.24, 2.45) is 0 Å². The van der Waals surface area contributed by atoms with Crippen LogP contribution in [0.4, 0.5) is 5.69 Å². The number of nitrogens with zero attached hydrogens (tertiary/aromatic N) is 2. The Kier molecular flexibility index (Phi) is 3.55. The summed E-state index contributed by atoms with van der Waals surface area (Å²) in [5.74, 6) is 1.75. The summed E-state index contributed by atoms with van der Waals surface area (Å²) in [6, 6.07) is 14.9. The minimum Gasteiger partial charge on any atom is -0.494 e. The van der Waals surface area contributed by atoms with Crippen molar-refractivity contribution in [2.75, 3.05) is 12.3 Å². The molecule has 1 aromatic heterocycles. The van der Waals surface area contributed by atoms with Crippen molar-refractivity contribution < 1.29 is 9.26 Å². The van der Waals surface area contributed by atoms with Crippen LogP contribution in [0.1, 0.15) is 6.92 Å². The van der Waals surface area contributed by atoms with E-state index in [2.05, 4.69) is 10.1 Å². The van der Waals surface area contributed by atoms with Crippen LogP contribution in [0.3, 0.4) is 0 Å². The molecular formula is C16H15N3O2. The number of ether oxygens (including phenoxy) is 1. The molecule has 0 aliphatic heterocycles. The van der Waals surface area contributed by atoms with Crippen molar-refractivity contribution in [2.45, 2.75) is 6.92 Å². The van der Waals surface area contributed by atoms with Gasteiger partial charge >= 0.3 is 0 Å². The molecule has 0 aliphatic rings. The average molecular weight is 281 g/mol. The van der Waals surface area contributed by atoms with Gasteiger partial charge in [-0.2, -0.15) is 4.98 Å². The molecule has 0 radical (unpaired) electrons. The standard InChI is InChI=1S/C16H15N3O2/c1-2-20-14-8-4-5-11(10-14)15-18-16(21-19-15)12-6-3-7-13(17)9-12/h3-10H,2,17H2,1H3. The summed E-state index contributed by atoms with van der Waals surface area (Å²) in [4.78, 5) is 4.40. The third-order valence-electron chi connectivity index (χ3n) is 2.96. The van der Waals surface area contributed by atoms with Crippen molar-refractivity contribution in [1.82, 2.24) is 10.1 Å².